The van der Waals surface area contributed by atoms with E-state index in [0.29, 0.717) is 22.3 Å². The number of aromatic nitrogens is 1. The second-order valence-corrected chi connectivity index (χ2v) is 5.21. The van der Waals surface area contributed by atoms with E-state index in [-0.39, 0.29) is 11.9 Å². The van der Waals surface area contributed by atoms with Crippen molar-refractivity contribution in [2.24, 2.45) is 5.92 Å². The summed E-state index contributed by atoms with van der Waals surface area (Å²) in [5.74, 6) is 1.22. The second kappa shape index (κ2) is 5.14. The minimum Gasteiger partial charge on any atom is -0.372 e. The zero-order chi connectivity index (χ0) is 13.3. The summed E-state index contributed by atoms with van der Waals surface area (Å²) in [6.45, 7) is 2.09. The Morgan fingerprint density at radius 2 is 2.28 bits per heavy atom. The van der Waals surface area contributed by atoms with Crippen molar-refractivity contribution in [1.29, 1.82) is 0 Å². The summed E-state index contributed by atoms with van der Waals surface area (Å²) < 4.78 is 0. The van der Waals surface area contributed by atoms with Crippen LogP contribution in [0.4, 0.5) is 5.82 Å². The zero-order valence-corrected chi connectivity index (χ0v) is 11.7. The third-order valence-electron chi connectivity index (χ3n) is 3.56. The lowest BCUT2D eigenvalue weighted by Crippen LogP contribution is -2.36. The highest BCUT2D eigenvalue weighted by atomic mass is 35.5. The molecule has 1 unspecified atom stereocenters. The summed E-state index contributed by atoms with van der Waals surface area (Å²) in [5.41, 5.74) is 0.536. The van der Waals surface area contributed by atoms with Gasteiger partial charge in [0, 0.05) is 26.3 Å². The molecule has 1 saturated carbocycles. The van der Waals surface area contributed by atoms with Crippen molar-refractivity contribution in [3.05, 3.63) is 22.8 Å². The molecule has 0 aromatic carbocycles. The summed E-state index contributed by atoms with van der Waals surface area (Å²) in [5, 5.41) is 3.34. The molecule has 0 bridgehead atoms. The number of nitrogens with one attached hydrogen (secondary N) is 1. The first-order valence-corrected chi connectivity index (χ1v) is 6.53. The van der Waals surface area contributed by atoms with Crippen LogP contribution in [0.25, 0.3) is 0 Å². The standard InChI is InChI=1S/C13H18ClN3O/c1-8(9-4-5-9)17(3)13(18)10-6-11(14)12(15-2)16-7-10/h6-9H,4-5H2,1-3H3,(H,15,16). The van der Waals surface area contributed by atoms with Gasteiger partial charge in [0.15, 0.2) is 0 Å². The first-order chi connectivity index (χ1) is 8.54. The maximum atomic E-state index is 12.3. The lowest BCUT2D eigenvalue weighted by Gasteiger charge is -2.25. The predicted octanol–water partition coefficient (Wildman–Crippen LogP) is 2.65. The Hall–Kier alpha value is -1.29. The van der Waals surface area contributed by atoms with E-state index in [4.69, 9.17) is 11.6 Å². The average molecular weight is 268 g/mol. The number of carbonyl (C=O) groups excluding carboxylic acids is 1. The Bertz CT molecular complexity index is 460. The Morgan fingerprint density at radius 3 is 2.78 bits per heavy atom. The van der Waals surface area contributed by atoms with Crippen LogP contribution < -0.4 is 5.32 Å². The number of rotatable bonds is 4. The number of hydrogen-bond donors (Lipinski definition) is 1. The molecule has 1 heterocycles. The minimum atomic E-state index is -0.0218. The van der Waals surface area contributed by atoms with E-state index in [1.165, 1.54) is 12.8 Å². The van der Waals surface area contributed by atoms with Crippen molar-refractivity contribution < 1.29 is 4.79 Å². The van der Waals surface area contributed by atoms with Gasteiger partial charge in [0.25, 0.3) is 5.91 Å². The van der Waals surface area contributed by atoms with Crippen LogP contribution in [0.1, 0.15) is 30.1 Å². The van der Waals surface area contributed by atoms with E-state index in [1.54, 1.807) is 24.2 Å². The molecule has 0 spiro atoms. The van der Waals surface area contributed by atoms with Crippen molar-refractivity contribution in [3.8, 4) is 0 Å². The van der Waals surface area contributed by atoms with Crippen LogP contribution >= 0.6 is 11.6 Å². The van der Waals surface area contributed by atoms with Gasteiger partial charge < -0.3 is 10.2 Å². The molecule has 1 aromatic heterocycles. The molecule has 1 aromatic rings. The third kappa shape index (κ3) is 2.58. The Labute approximate surface area is 112 Å². The van der Waals surface area contributed by atoms with Crippen LogP contribution in [-0.4, -0.2) is 35.9 Å². The molecule has 1 aliphatic rings. The van der Waals surface area contributed by atoms with Crippen molar-refractivity contribution in [2.75, 3.05) is 19.4 Å². The molecule has 98 valence electrons. The highest BCUT2D eigenvalue weighted by molar-refractivity contribution is 6.33. The van der Waals surface area contributed by atoms with Crippen molar-refractivity contribution in [3.63, 3.8) is 0 Å². The first kappa shape index (κ1) is 13.1. The lowest BCUT2D eigenvalue weighted by molar-refractivity contribution is 0.0727. The lowest BCUT2D eigenvalue weighted by atomic mass is 10.1. The van der Waals surface area contributed by atoms with Crippen LogP contribution in [-0.2, 0) is 0 Å². The van der Waals surface area contributed by atoms with Crippen LogP contribution in [0.3, 0.4) is 0 Å². The van der Waals surface area contributed by atoms with Gasteiger partial charge in [0.05, 0.1) is 10.6 Å². The van der Waals surface area contributed by atoms with Crippen molar-refractivity contribution in [1.82, 2.24) is 9.88 Å². The van der Waals surface area contributed by atoms with E-state index in [1.807, 2.05) is 7.05 Å². The number of halogens is 1. The summed E-state index contributed by atoms with van der Waals surface area (Å²) in [6, 6.07) is 1.94. The number of hydrogen-bond acceptors (Lipinski definition) is 3. The molecular formula is C13H18ClN3O. The van der Waals surface area contributed by atoms with Crippen LogP contribution in [0.2, 0.25) is 5.02 Å². The normalized spacial score (nSPS) is 16.2. The predicted molar refractivity (Wildman–Crippen MR) is 73.1 cm³/mol. The van der Waals surface area contributed by atoms with E-state index in [9.17, 15) is 4.79 Å². The van der Waals surface area contributed by atoms with Gasteiger partial charge in [-0.3, -0.25) is 4.79 Å². The molecule has 0 saturated heterocycles. The van der Waals surface area contributed by atoms with E-state index >= 15 is 0 Å². The minimum absolute atomic E-state index is 0.0218. The van der Waals surface area contributed by atoms with Gasteiger partial charge >= 0.3 is 0 Å². The van der Waals surface area contributed by atoms with Crippen molar-refractivity contribution >= 4 is 23.3 Å². The number of carbonyl (C=O) groups is 1. The number of amides is 1. The fraction of sp³-hybridized carbons (Fsp3) is 0.538. The van der Waals surface area contributed by atoms with Crippen molar-refractivity contribution in [2.45, 2.75) is 25.8 Å². The van der Waals surface area contributed by atoms with Gasteiger partial charge in [-0.2, -0.15) is 0 Å². The third-order valence-corrected chi connectivity index (χ3v) is 3.85. The highest BCUT2D eigenvalue weighted by Gasteiger charge is 2.32. The first-order valence-electron chi connectivity index (χ1n) is 6.15. The molecule has 2 rings (SSSR count). The smallest absolute Gasteiger partial charge is 0.255 e. The molecule has 1 amide bonds. The number of anilines is 1. The Morgan fingerprint density at radius 1 is 1.61 bits per heavy atom. The van der Waals surface area contributed by atoms with E-state index in [2.05, 4.69) is 17.2 Å². The SMILES string of the molecule is CNc1ncc(C(=O)N(C)C(C)C2CC2)cc1Cl. The highest BCUT2D eigenvalue weighted by Crippen LogP contribution is 2.35. The van der Waals surface area contributed by atoms with Gasteiger partial charge in [-0.15, -0.1) is 0 Å². The zero-order valence-electron chi connectivity index (χ0n) is 10.9. The fourth-order valence-corrected chi connectivity index (χ4v) is 2.28. The quantitative estimate of drug-likeness (QED) is 0.912. The van der Waals surface area contributed by atoms with Crippen LogP contribution in [0, 0.1) is 5.92 Å². The van der Waals surface area contributed by atoms with Gasteiger partial charge in [-0.25, -0.2) is 4.98 Å². The summed E-state index contributed by atoms with van der Waals surface area (Å²) in [6.07, 6.45) is 4.00. The molecule has 4 nitrogen and oxygen atoms in total. The van der Waals surface area contributed by atoms with Crippen LogP contribution in [0.5, 0.6) is 0 Å². The summed E-state index contributed by atoms with van der Waals surface area (Å²) in [4.78, 5) is 18.2. The molecule has 1 fully saturated rings. The molecule has 5 heteroatoms. The molecule has 0 radical (unpaired) electrons. The van der Waals surface area contributed by atoms with Gasteiger partial charge in [0.2, 0.25) is 0 Å². The summed E-state index contributed by atoms with van der Waals surface area (Å²) >= 11 is 6.04. The summed E-state index contributed by atoms with van der Waals surface area (Å²) in [7, 11) is 3.59. The van der Waals surface area contributed by atoms with E-state index < -0.39 is 0 Å². The number of pyridine rings is 1. The number of nitrogens with zero attached hydrogens (tertiary/aromatic N) is 2. The van der Waals surface area contributed by atoms with Gasteiger partial charge in [-0.05, 0) is 31.7 Å². The maximum absolute atomic E-state index is 12.3. The molecule has 1 atom stereocenters. The fourth-order valence-electron chi connectivity index (χ4n) is 2.02. The van der Waals surface area contributed by atoms with Gasteiger partial charge in [0.1, 0.15) is 5.82 Å². The maximum Gasteiger partial charge on any atom is 0.255 e. The Kier molecular flexibility index (Phi) is 3.76. The molecule has 1 aliphatic carbocycles. The average Bonchev–Trinajstić information content (AvgIpc) is 3.20. The monoisotopic (exact) mass is 267 g/mol. The Balaban J connectivity index is 2.14. The topological polar surface area (TPSA) is 45.2 Å². The molecular weight excluding hydrogens is 250 g/mol. The van der Waals surface area contributed by atoms with Crippen LogP contribution in [0.15, 0.2) is 12.3 Å². The van der Waals surface area contributed by atoms with Gasteiger partial charge in [-0.1, -0.05) is 11.6 Å². The van der Waals surface area contributed by atoms with E-state index in [0.717, 1.165) is 0 Å². The molecule has 18 heavy (non-hydrogen) atoms. The largest absolute Gasteiger partial charge is 0.372 e. The molecule has 1 N–H and O–H groups in total. The molecule has 0 aliphatic heterocycles. The second-order valence-electron chi connectivity index (χ2n) is 4.80.